The van der Waals surface area contributed by atoms with Crippen molar-refractivity contribution in [3.05, 3.63) is 77.9 Å². The van der Waals surface area contributed by atoms with Crippen LogP contribution < -0.4 is 10.6 Å². The van der Waals surface area contributed by atoms with Gasteiger partial charge in [0.25, 0.3) is 0 Å². The highest BCUT2D eigenvalue weighted by Gasteiger charge is 2.41. The first kappa shape index (κ1) is 37.1. The van der Waals surface area contributed by atoms with Crippen LogP contribution in [0, 0.1) is 17.8 Å². The van der Waals surface area contributed by atoms with Crippen LogP contribution in [0.4, 0.5) is 0 Å². The quantitative estimate of drug-likeness (QED) is 0.206. The van der Waals surface area contributed by atoms with Gasteiger partial charge in [-0.15, -0.1) is 0 Å². The Morgan fingerprint density at radius 1 is 0.979 bits per heavy atom. The van der Waals surface area contributed by atoms with E-state index in [4.69, 9.17) is 0 Å². The fourth-order valence-corrected chi connectivity index (χ4v) is 7.41. The molecule has 2 heterocycles. The topological polar surface area (TPSA) is 122 Å². The van der Waals surface area contributed by atoms with Gasteiger partial charge < -0.3 is 25.8 Å². The third kappa shape index (κ3) is 10.2. The molecule has 0 aliphatic carbocycles. The molecule has 9 nitrogen and oxygen atoms in total. The normalized spacial score (nSPS) is 23.2. The van der Waals surface area contributed by atoms with Gasteiger partial charge in [0, 0.05) is 30.6 Å². The summed E-state index contributed by atoms with van der Waals surface area (Å²) in [6, 6.07) is 14.7. The predicted octanol–water partition coefficient (Wildman–Crippen LogP) is 5.64. The van der Waals surface area contributed by atoms with E-state index < -0.39 is 23.5 Å². The zero-order chi connectivity index (χ0) is 35.0. The molecule has 262 valence electrons. The first-order chi connectivity index (χ1) is 22.7. The zero-order valence-electron chi connectivity index (χ0n) is 29.6. The molecule has 2 aromatic carbocycles. The molecule has 2 aliphatic rings. The number of amides is 3. The fraction of sp³-hybridized carbons (Fsp3) is 0.564. The lowest BCUT2D eigenvalue weighted by Crippen LogP contribution is -2.60. The molecule has 2 aromatic rings. The summed E-state index contributed by atoms with van der Waals surface area (Å²) in [4.78, 5) is 43.7. The number of carbonyl (C=O) groups excluding carboxylic acids is 3. The van der Waals surface area contributed by atoms with Crippen molar-refractivity contribution >= 4 is 17.7 Å². The SMILES string of the molecule is CC(C)C[C@H](C)/C=C/[C@H](Cc1ccccc1)C(=O)N1CCC[C@H]1C(=O)N[C@@H](Cc1ccc(O)cc1)C(=O)NC1CC(C)N(O)C(C)(C)C1. The highest BCUT2D eigenvalue weighted by Crippen LogP contribution is 2.30. The number of carbonyl (C=O) groups is 3. The molecular formula is C39H56N4O5. The van der Waals surface area contributed by atoms with E-state index in [9.17, 15) is 24.7 Å². The summed E-state index contributed by atoms with van der Waals surface area (Å²) in [7, 11) is 0. The molecule has 0 aromatic heterocycles. The average Bonchev–Trinajstić information content (AvgIpc) is 3.52. The molecule has 6 atom stereocenters. The van der Waals surface area contributed by atoms with E-state index in [-0.39, 0.29) is 42.0 Å². The zero-order valence-corrected chi connectivity index (χ0v) is 29.6. The van der Waals surface area contributed by atoms with Gasteiger partial charge in [-0.3, -0.25) is 14.4 Å². The van der Waals surface area contributed by atoms with Crippen molar-refractivity contribution in [1.82, 2.24) is 20.6 Å². The maximum Gasteiger partial charge on any atom is 0.243 e. The van der Waals surface area contributed by atoms with Crippen LogP contribution in [0.2, 0.25) is 0 Å². The van der Waals surface area contributed by atoms with Gasteiger partial charge in [0.15, 0.2) is 0 Å². The largest absolute Gasteiger partial charge is 0.508 e. The van der Waals surface area contributed by atoms with Crippen molar-refractivity contribution in [1.29, 1.82) is 0 Å². The minimum absolute atomic E-state index is 0.0731. The molecule has 2 unspecified atom stereocenters. The van der Waals surface area contributed by atoms with E-state index in [0.717, 1.165) is 17.5 Å². The number of phenolic OH excluding ortho intramolecular Hbond substituents is 1. The van der Waals surface area contributed by atoms with E-state index in [2.05, 4.69) is 37.5 Å². The van der Waals surface area contributed by atoms with Crippen molar-refractivity contribution in [2.75, 3.05) is 6.54 Å². The number of nitrogens with zero attached hydrogens (tertiary/aromatic N) is 2. The lowest BCUT2D eigenvalue weighted by Gasteiger charge is -2.46. The highest BCUT2D eigenvalue weighted by atomic mass is 16.5. The van der Waals surface area contributed by atoms with Crippen LogP contribution in [0.5, 0.6) is 5.75 Å². The van der Waals surface area contributed by atoms with Gasteiger partial charge in [-0.05, 0) is 94.4 Å². The van der Waals surface area contributed by atoms with Crippen molar-refractivity contribution in [2.45, 2.75) is 116 Å². The maximum absolute atomic E-state index is 14.2. The molecule has 2 fully saturated rings. The van der Waals surface area contributed by atoms with Crippen LogP contribution in [0.3, 0.4) is 0 Å². The molecule has 2 saturated heterocycles. The van der Waals surface area contributed by atoms with E-state index in [1.165, 1.54) is 5.06 Å². The third-order valence-electron chi connectivity index (χ3n) is 9.73. The number of nitrogens with one attached hydrogen (secondary N) is 2. The number of phenols is 1. The Kier molecular flexibility index (Phi) is 12.9. The second kappa shape index (κ2) is 16.6. The predicted molar refractivity (Wildman–Crippen MR) is 188 cm³/mol. The number of benzene rings is 2. The lowest BCUT2D eigenvalue weighted by atomic mass is 9.85. The minimum atomic E-state index is -0.887. The number of aromatic hydroxyl groups is 1. The molecule has 0 saturated carbocycles. The summed E-state index contributed by atoms with van der Waals surface area (Å²) in [5.74, 6) is -0.140. The molecule has 3 amide bonds. The maximum atomic E-state index is 14.2. The third-order valence-corrected chi connectivity index (χ3v) is 9.73. The van der Waals surface area contributed by atoms with Gasteiger partial charge in [0.1, 0.15) is 17.8 Å². The lowest BCUT2D eigenvalue weighted by molar-refractivity contribution is -0.210. The summed E-state index contributed by atoms with van der Waals surface area (Å²) in [6.07, 6.45) is 8.31. The Labute approximate surface area is 286 Å². The molecule has 4 N–H and O–H groups in total. The van der Waals surface area contributed by atoms with Gasteiger partial charge in [0.05, 0.1) is 5.92 Å². The van der Waals surface area contributed by atoms with Crippen molar-refractivity contribution in [3.8, 4) is 5.75 Å². The number of likely N-dealkylation sites (tertiary alicyclic amines) is 1. The Morgan fingerprint density at radius 2 is 1.65 bits per heavy atom. The molecule has 2 aliphatic heterocycles. The van der Waals surface area contributed by atoms with Gasteiger partial charge in [-0.1, -0.05) is 75.4 Å². The number of piperidine rings is 1. The summed E-state index contributed by atoms with van der Waals surface area (Å²) >= 11 is 0. The summed E-state index contributed by atoms with van der Waals surface area (Å²) < 4.78 is 0. The number of allylic oxidation sites excluding steroid dienone is 1. The van der Waals surface area contributed by atoms with Crippen LogP contribution in [-0.2, 0) is 27.2 Å². The number of hydrogen-bond acceptors (Lipinski definition) is 6. The fourth-order valence-electron chi connectivity index (χ4n) is 7.41. The van der Waals surface area contributed by atoms with E-state index in [1.807, 2.05) is 57.2 Å². The molecule has 4 rings (SSSR count). The second-order valence-corrected chi connectivity index (χ2v) is 15.1. The first-order valence-corrected chi connectivity index (χ1v) is 17.6. The molecule has 0 bridgehead atoms. The summed E-state index contributed by atoms with van der Waals surface area (Å²) in [5, 5.41) is 27.8. The standard InChI is InChI=1S/C39H56N4O5/c1-26(2)21-27(3)14-17-31(23-29-11-8-7-9-12-29)38(47)42-20-10-13-35(42)37(46)41-34(24-30-15-18-33(44)19-16-30)36(45)40-32-22-28(4)43(48)39(5,6)25-32/h7-9,11-12,14-19,26-28,31-32,34-35,44,48H,10,13,20-25H2,1-6H3,(H,40,45)(H,41,46)/b17-14+/t27-,28?,31-,32?,34+,35+/m1/s1. The smallest absolute Gasteiger partial charge is 0.243 e. The number of rotatable bonds is 13. The van der Waals surface area contributed by atoms with Crippen LogP contribution in [0.1, 0.15) is 84.8 Å². The van der Waals surface area contributed by atoms with E-state index in [1.54, 1.807) is 29.2 Å². The Morgan fingerprint density at radius 3 is 2.29 bits per heavy atom. The molecule has 9 heteroatoms. The minimum Gasteiger partial charge on any atom is -0.508 e. The molecule has 0 radical (unpaired) electrons. The number of hydrogen-bond donors (Lipinski definition) is 4. The number of hydroxylamine groups is 2. The van der Waals surface area contributed by atoms with Gasteiger partial charge in [0.2, 0.25) is 17.7 Å². The van der Waals surface area contributed by atoms with Crippen LogP contribution in [0.15, 0.2) is 66.7 Å². The van der Waals surface area contributed by atoms with Gasteiger partial charge in [-0.2, -0.15) is 5.06 Å². The first-order valence-electron chi connectivity index (χ1n) is 17.6. The van der Waals surface area contributed by atoms with E-state index in [0.29, 0.717) is 50.5 Å². The Balaban J connectivity index is 1.52. The molecule has 0 spiro atoms. The van der Waals surface area contributed by atoms with Crippen LogP contribution in [-0.4, -0.2) is 74.2 Å². The summed E-state index contributed by atoms with van der Waals surface area (Å²) in [5.41, 5.74) is 1.33. The van der Waals surface area contributed by atoms with Crippen molar-refractivity contribution in [3.63, 3.8) is 0 Å². The molecular weight excluding hydrogens is 604 g/mol. The Hall–Kier alpha value is -3.69. The highest BCUT2D eigenvalue weighted by molar-refractivity contribution is 5.93. The van der Waals surface area contributed by atoms with E-state index >= 15 is 0 Å². The average molecular weight is 661 g/mol. The Bertz CT molecular complexity index is 1390. The van der Waals surface area contributed by atoms with Crippen molar-refractivity contribution in [2.24, 2.45) is 17.8 Å². The van der Waals surface area contributed by atoms with Crippen molar-refractivity contribution < 1.29 is 24.7 Å². The molecule has 48 heavy (non-hydrogen) atoms. The second-order valence-electron chi connectivity index (χ2n) is 15.1. The van der Waals surface area contributed by atoms with Gasteiger partial charge >= 0.3 is 0 Å². The van der Waals surface area contributed by atoms with Crippen LogP contribution >= 0.6 is 0 Å². The van der Waals surface area contributed by atoms with Gasteiger partial charge in [-0.25, -0.2) is 0 Å². The van der Waals surface area contributed by atoms with Crippen LogP contribution in [0.25, 0.3) is 0 Å². The summed E-state index contributed by atoms with van der Waals surface area (Å²) in [6.45, 7) is 12.8. The monoisotopic (exact) mass is 660 g/mol.